The van der Waals surface area contributed by atoms with E-state index in [-0.39, 0.29) is 18.9 Å². The van der Waals surface area contributed by atoms with Crippen molar-refractivity contribution in [2.45, 2.75) is 25.1 Å². The average Bonchev–Trinajstić information content (AvgIpc) is 2.69. The Morgan fingerprint density at radius 3 is 2.80 bits per heavy atom. The van der Waals surface area contributed by atoms with Crippen molar-refractivity contribution in [1.82, 2.24) is 15.5 Å². The Kier molecular flexibility index (Phi) is 2.68. The predicted octanol–water partition coefficient (Wildman–Crippen LogP) is 2.01. The molecule has 0 amide bonds. The number of rotatable bonds is 1. The van der Waals surface area contributed by atoms with Crippen molar-refractivity contribution in [1.29, 1.82) is 0 Å². The van der Waals surface area contributed by atoms with E-state index in [2.05, 4.69) is 15.5 Å². The standard InChI is InChI=1S/C9H12F3N3/c10-9(11,12)6-1-3-13-8(5-6)7-2-4-14-15-7/h2,4,6,8,13H,1,3,5H2,(H,14,15). The second-order valence-corrected chi connectivity index (χ2v) is 3.78. The number of halogens is 3. The first-order valence-corrected chi connectivity index (χ1v) is 4.87. The van der Waals surface area contributed by atoms with Gasteiger partial charge in [0.1, 0.15) is 0 Å². The van der Waals surface area contributed by atoms with Crippen LogP contribution in [0.15, 0.2) is 12.3 Å². The molecule has 2 rings (SSSR count). The molecule has 84 valence electrons. The Morgan fingerprint density at radius 2 is 2.20 bits per heavy atom. The number of aromatic nitrogens is 2. The number of alkyl halides is 3. The third-order valence-corrected chi connectivity index (χ3v) is 2.76. The molecule has 0 spiro atoms. The van der Waals surface area contributed by atoms with Crippen molar-refractivity contribution in [3.8, 4) is 0 Å². The van der Waals surface area contributed by atoms with Gasteiger partial charge in [0.2, 0.25) is 0 Å². The highest BCUT2D eigenvalue weighted by molar-refractivity contribution is 5.06. The fourth-order valence-corrected chi connectivity index (χ4v) is 1.91. The summed E-state index contributed by atoms with van der Waals surface area (Å²) in [5.74, 6) is -1.20. The first-order valence-electron chi connectivity index (χ1n) is 4.87. The molecule has 1 aromatic heterocycles. The molecule has 3 nitrogen and oxygen atoms in total. The maximum atomic E-state index is 12.5. The van der Waals surface area contributed by atoms with Gasteiger partial charge in [-0.25, -0.2) is 0 Å². The SMILES string of the molecule is FC(F)(F)C1CCNC(c2ccn[nH]2)C1. The summed E-state index contributed by atoms with van der Waals surface area (Å²) < 4.78 is 37.5. The van der Waals surface area contributed by atoms with Gasteiger partial charge in [0.05, 0.1) is 11.6 Å². The molecule has 0 aliphatic carbocycles. The first-order chi connectivity index (χ1) is 7.07. The Morgan fingerprint density at radius 1 is 1.40 bits per heavy atom. The topological polar surface area (TPSA) is 40.7 Å². The van der Waals surface area contributed by atoms with Crippen LogP contribution >= 0.6 is 0 Å². The molecule has 1 aliphatic heterocycles. The zero-order valence-electron chi connectivity index (χ0n) is 8.01. The van der Waals surface area contributed by atoms with Crippen molar-refractivity contribution in [3.05, 3.63) is 18.0 Å². The van der Waals surface area contributed by atoms with E-state index in [1.807, 2.05) is 0 Å². The maximum absolute atomic E-state index is 12.5. The predicted molar refractivity (Wildman–Crippen MR) is 48.1 cm³/mol. The lowest BCUT2D eigenvalue weighted by atomic mass is 9.90. The second-order valence-electron chi connectivity index (χ2n) is 3.78. The van der Waals surface area contributed by atoms with Gasteiger partial charge >= 0.3 is 6.18 Å². The van der Waals surface area contributed by atoms with E-state index in [4.69, 9.17) is 0 Å². The summed E-state index contributed by atoms with van der Waals surface area (Å²) in [5.41, 5.74) is 0.726. The summed E-state index contributed by atoms with van der Waals surface area (Å²) in [4.78, 5) is 0. The summed E-state index contributed by atoms with van der Waals surface area (Å²) in [6.45, 7) is 0.397. The Labute approximate surface area is 85.1 Å². The van der Waals surface area contributed by atoms with Gasteiger partial charge in [-0.1, -0.05) is 0 Å². The molecule has 0 bridgehead atoms. The lowest BCUT2D eigenvalue weighted by molar-refractivity contribution is -0.183. The van der Waals surface area contributed by atoms with E-state index >= 15 is 0 Å². The van der Waals surface area contributed by atoms with Crippen molar-refractivity contribution in [2.75, 3.05) is 6.54 Å². The van der Waals surface area contributed by atoms with Gasteiger partial charge in [-0.3, -0.25) is 5.10 Å². The third kappa shape index (κ3) is 2.31. The summed E-state index contributed by atoms with van der Waals surface area (Å²) >= 11 is 0. The van der Waals surface area contributed by atoms with Crippen molar-refractivity contribution in [2.24, 2.45) is 5.92 Å². The third-order valence-electron chi connectivity index (χ3n) is 2.76. The number of hydrogen-bond acceptors (Lipinski definition) is 2. The molecule has 1 aromatic rings. The van der Waals surface area contributed by atoms with Crippen LogP contribution in [0.4, 0.5) is 13.2 Å². The molecule has 1 saturated heterocycles. The normalized spacial score (nSPS) is 27.9. The number of hydrogen-bond donors (Lipinski definition) is 2. The number of nitrogens with one attached hydrogen (secondary N) is 2. The summed E-state index contributed by atoms with van der Waals surface area (Å²) in [6, 6.07) is 1.45. The Hall–Kier alpha value is -1.04. The monoisotopic (exact) mass is 219 g/mol. The minimum absolute atomic E-state index is 0.0890. The average molecular weight is 219 g/mol. The summed E-state index contributed by atoms with van der Waals surface area (Å²) in [6.07, 6.45) is -2.28. The van der Waals surface area contributed by atoms with E-state index in [1.54, 1.807) is 12.3 Å². The molecular weight excluding hydrogens is 207 g/mol. The smallest absolute Gasteiger partial charge is 0.309 e. The highest BCUT2D eigenvalue weighted by Crippen LogP contribution is 2.37. The van der Waals surface area contributed by atoms with Gasteiger partial charge in [0, 0.05) is 12.2 Å². The highest BCUT2D eigenvalue weighted by atomic mass is 19.4. The van der Waals surface area contributed by atoms with Gasteiger partial charge in [-0.2, -0.15) is 18.3 Å². The maximum Gasteiger partial charge on any atom is 0.391 e. The van der Waals surface area contributed by atoms with Gasteiger partial charge in [0.25, 0.3) is 0 Å². The van der Waals surface area contributed by atoms with E-state index < -0.39 is 12.1 Å². The minimum atomic E-state index is -4.08. The summed E-state index contributed by atoms with van der Waals surface area (Å²) in [5, 5.41) is 9.49. The van der Waals surface area contributed by atoms with E-state index in [0.29, 0.717) is 6.54 Å². The quantitative estimate of drug-likeness (QED) is 0.758. The van der Waals surface area contributed by atoms with Gasteiger partial charge in [-0.05, 0) is 25.5 Å². The molecule has 1 aliphatic rings. The molecule has 15 heavy (non-hydrogen) atoms. The zero-order chi connectivity index (χ0) is 10.9. The molecule has 0 saturated carbocycles. The largest absolute Gasteiger partial charge is 0.391 e. The van der Waals surface area contributed by atoms with Crippen LogP contribution in [0.5, 0.6) is 0 Å². The molecule has 2 unspecified atom stereocenters. The highest BCUT2D eigenvalue weighted by Gasteiger charge is 2.42. The number of H-pyrrole nitrogens is 1. The van der Waals surface area contributed by atoms with Crippen LogP contribution in [0.2, 0.25) is 0 Å². The lowest BCUT2D eigenvalue weighted by Crippen LogP contribution is -2.38. The number of nitrogens with zero attached hydrogens (tertiary/aromatic N) is 1. The van der Waals surface area contributed by atoms with E-state index in [0.717, 1.165) is 5.69 Å². The van der Waals surface area contributed by atoms with Crippen LogP contribution in [0.25, 0.3) is 0 Å². The molecule has 6 heteroatoms. The van der Waals surface area contributed by atoms with Crippen LogP contribution < -0.4 is 5.32 Å². The molecule has 0 radical (unpaired) electrons. The fraction of sp³-hybridized carbons (Fsp3) is 0.667. The van der Waals surface area contributed by atoms with E-state index in [9.17, 15) is 13.2 Å². The zero-order valence-corrected chi connectivity index (χ0v) is 8.01. The molecule has 2 atom stereocenters. The van der Waals surface area contributed by atoms with Gasteiger partial charge in [0.15, 0.2) is 0 Å². The molecule has 2 N–H and O–H groups in total. The van der Waals surface area contributed by atoms with Crippen LogP contribution in [-0.2, 0) is 0 Å². The lowest BCUT2D eigenvalue weighted by Gasteiger charge is -2.30. The molecule has 0 aromatic carbocycles. The molecular formula is C9H12F3N3. The first kappa shape index (κ1) is 10.5. The molecule has 2 heterocycles. The van der Waals surface area contributed by atoms with Crippen molar-refractivity contribution < 1.29 is 13.2 Å². The fourth-order valence-electron chi connectivity index (χ4n) is 1.91. The summed E-state index contributed by atoms with van der Waals surface area (Å²) in [7, 11) is 0. The second kappa shape index (κ2) is 3.84. The van der Waals surface area contributed by atoms with Crippen molar-refractivity contribution in [3.63, 3.8) is 0 Å². The van der Waals surface area contributed by atoms with Crippen molar-refractivity contribution >= 4 is 0 Å². The molecule has 1 fully saturated rings. The van der Waals surface area contributed by atoms with E-state index in [1.165, 1.54) is 0 Å². The number of aromatic amines is 1. The van der Waals surface area contributed by atoms with Gasteiger partial charge in [-0.15, -0.1) is 0 Å². The minimum Gasteiger partial charge on any atom is -0.309 e. The van der Waals surface area contributed by atoms with Crippen LogP contribution in [-0.4, -0.2) is 22.9 Å². The van der Waals surface area contributed by atoms with Gasteiger partial charge < -0.3 is 5.32 Å². The van der Waals surface area contributed by atoms with Crippen LogP contribution in [0, 0.1) is 5.92 Å². The number of piperidine rings is 1. The Bertz CT molecular complexity index is 307. The van der Waals surface area contributed by atoms with Crippen LogP contribution in [0.1, 0.15) is 24.6 Å². The Balaban J connectivity index is 2.05. The van der Waals surface area contributed by atoms with Crippen LogP contribution in [0.3, 0.4) is 0 Å².